The first kappa shape index (κ1) is 12.2. The molecule has 5 heteroatoms. The molecule has 0 atom stereocenters. The Balaban J connectivity index is 3.01. The van der Waals surface area contributed by atoms with Crippen LogP contribution < -0.4 is 9.64 Å². The molecule has 0 saturated heterocycles. The van der Waals surface area contributed by atoms with Crippen molar-refractivity contribution in [1.82, 2.24) is 0 Å². The van der Waals surface area contributed by atoms with Gasteiger partial charge in [-0.05, 0) is 12.1 Å². The Kier molecular flexibility index (Phi) is 3.60. The molecule has 4 nitrogen and oxygen atoms in total. The molecule has 0 aliphatic carbocycles. The molecule has 0 aliphatic rings. The lowest BCUT2D eigenvalue weighted by Crippen LogP contribution is -2.31. The van der Waals surface area contributed by atoms with Crippen LogP contribution in [-0.2, 0) is 9.59 Å². The van der Waals surface area contributed by atoms with E-state index in [1.807, 2.05) is 0 Å². The zero-order chi connectivity index (χ0) is 12.3. The summed E-state index contributed by atoms with van der Waals surface area (Å²) in [5.74, 6) is -1.78. The summed E-state index contributed by atoms with van der Waals surface area (Å²) in [5.41, 5.74) is 0.304. The van der Waals surface area contributed by atoms with Crippen LogP contribution in [0, 0.1) is 5.82 Å². The van der Waals surface area contributed by atoms with Crippen molar-refractivity contribution in [3.63, 3.8) is 0 Å². The third kappa shape index (κ3) is 2.36. The molecule has 1 aromatic carbocycles. The van der Waals surface area contributed by atoms with Crippen molar-refractivity contribution < 1.29 is 18.7 Å². The summed E-state index contributed by atoms with van der Waals surface area (Å²) in [6.07, 6.45) is 0. The molecular weight excluding hydrogens is 213 g/mol. The van der Waals surface area contributed by atoms with Crippen LogP contribution in [0.3, 0.4) is 0 Å². The molecule has 0 radical (unpaired) electrons. The summed E-state index contributed by atoms with van der Waals surface area (Å²) in [7, 11) is 2.76. The molecule has 0 aliphatic heterocycles. The minimum absolute atomic E-state index is 0.0902. The first-order chi connectivity index (χ1) is 7.47. The van der Waals surface area contributed by atoms with Gasteiger partial charge in [0.15, 0.2) is 11.6 Å². The van der Waals surface area contributed by atoms with Gasteiger partial charge in [0.2, 0.25) is 5.78 Å². The number of likely N-dealkylation sites (N-methyl/N-ethyl adjacent to an activating group) is 1. The number of Topliss-reactive ketones (excluding diaryl/α,β-unsaturated/α-hetero) is 1. The Morgan fingerprint density at radius 2 is 2.00 bits per heavy atom. The van der Waals surface area contributed by atoms with Gasteiger partial charge in [-0.25, -0.2) is 4.39 Å². The maximum atomic E-state index is 13.3. The number of carbonyl (C=O) groups is 2. The van der Waals surface area contributed by atoms with Crippen molar-refractivity contribution in [2.24, 2.45) is 0 Å². The highest BCUT2D eigenvalue weighted by Crippen LogP contribution is 2.22. The fourth-order valence-corrected chi connectivity index (χ4v) is 1.22. The predicted octanol–water partition coefficient (Wildman–Crippen LogP) is 1.39. The number of hydrogen-bond acceptors (Lipinski definition) is 3. The van der Waals surface area contributed by atoms with Gasteiger partial charge in [0.25, 0.3) is 5.91 Å². The molecule has 0 heterocycles. The van der Waals surface area contributed by atoms with E-state index in [0.717, 1.165) is 11.0 Å². The van der Waals surface area contributed by atoms with Gasteiger partial charge < -0.3 is 9.64 Å². The summed E-state index contributed by atoms with van der Waals surface area (Å²) in [6, 6.07) is 4.04. The number of rotatable bonds is 3. The monoisotopic (exact) mass is 225 g/mol. The van der Waals surface area contributed by atoms with E-state index in [2.05, 4.69) is 0 Å². The van der Waals surface area contributed by atoms with E-state index in [1.54, 1.807) is 0 Å². The molecule has 0 fully saturated rings. The van der Waals surface area contributed by atoms with Gasteiger partial charge in [0.05, 0.1) is 7.11 Å². The van der Waals surface area contributed by atoms with Crippen molar-refractivity contribution in [2.75, 3.05) is 19.1 Å². The number of methoxy groups -OCH3 is 1. The fraction of sp³-hybridized carbons (Fsp3) is 0.273. The minimum Gasteiger partial charge on any atom is -0.494 e. The number of nitrogens with zero attached hydrogens (tertiary/aromatic N) is 1. The highest BCUT2D eigenvalue weighted by atomic mass is 19.1. The normalized spacial score (nSPS) is 9.75. The highest BCUT2D eigenvalue weighted by molar-refractivity contribution is 6.40. The van der Waals surface area contributed by atoms with Gasteiger partial charge in [-0.3, -0.25) is 9.59 Å². The molecule has 0 N–H and O–H groups in total. The van der Waals surface area contributed by atoms with Gasteiger partial charge >= 0.3 is 0 Å². The van der Waals surface area contributed by atoms with E-state index in [-0.39, 0.29) is 5.75 Å². The van der Waals surface area contributed by atoms with Crippen LogP contribution in [-0.4, -0.2) is 25.8 Å². The maximum Gasteiger partial charge on any atom is 0.293 e. The summed E-state index contributed by atoms with van der Waals surface area (Å²) in [4.78, 5) is 23.3. The summed E-state index contributed by atoms with van der Waals surface area (Å²) in [5, 5.41) is 0. The third-order valence-corrected chi connectivity index (χ3v) is 2.13. The van der Waals surface area contributed by atoms with Gasteiger partial charge in [-0.2, -0.15) is 0 Å². The Morgan fingerprint density at radius 1 is 1.38 bits per heavy atom. The van der Waals surface area contributed by atoms with E-state index in [9.17, 15) is 14.0 Å². The molecule has 0 unspecified atom stereocenters. The molecule has 0 spiro atoms. The molecular formula is C11H12FNO3. The van der Waals surface area contributed by atoms with Crippen molar-refractivity contribution in [1.29, 1.82) is 0 Å². The maximum absolute atomic E-state index is 13.3. The van der Waals surface area contributed by atoms with Crippen molar-refractivity contribution in [3.05, 3.63) is 24.0 Å². The third-order valence-electron chi connectivity index (χ3n) is 2.13. The summed E-state index contributed by atoms with van der Waals surface area (Å²) >= 11 is 0. The van der Waals surface area contributed by atoms with Gasteiger partial charge in [-0.1, -0.05) is 0 Å². The lowest BCUT2D eigenvalue weighted by atomic mass is 10.2. The van der Waals surface area contributed by atoms with Crippen LogP contribution in [0.4, 0.5) is 10.1 Å². The molecule has 0 bridgehead atoms. The standard InChI is InChI=1S/C11H12FNO3/c1-7(14)11(15)13(2)8-4-5-10(16-3)9(12)6-8/h4-6H,1-3H3. The number of carbonyl (C=O) groups excluding carboxylic acids is 2. The number of hydrogen-bond donors (Lipinski definition) is 0. The largest absolute Gasteiger partial charge is 0.494 e. The Morgan fingerprint density at radius 3 is 2.44 bits per heavy atom. The van der Waals surface area contributed by atoms with Crippen molar-refractivity contribution >= 4 is 17.4 Å². The van der Waals surface area contributed by atoms with E-state index in [0.29, 0.717) is 5.69 Å². The Hall–Kier alpha value is -1.91. The van der Waals surface area contributed by atoms with E-state index >= 15 is 0 Å². The number of benzene rings is 1. The average Bonchev–Trinajstić information content (AvgIpc) is 2.26. The number of ketones is 1. The predicted molar refractivity (Wildman–Crippen MR) is 57.0 cm³/mol. The number of halogens is 1. The SMILES string of the molecule is COc1ccc(N(C)C(=O)C(C)=O)cc1F. The quantitative estimate of drug-likeness (QED) is 0.730. The molecule has 1 aromatic rings. The zero-order valence-electron chi connectivity index (χ0n) is 9.28. The van der Waals surface area contributed by atoms with Crippen LogP contribution in [0.15, 0.2) is 18.2 Å². The lowest BCUT2D eigenvalue weighted by Gasteiger charge is -2.16. The first-order valence-corrected chi connectivity index (χ1v) is 4.59. The molecule has 16 heavy (non-hydrogen) atoms. The Bertz CT molecular complexity index is 431. The molecule has 0 saturated carbocycles. The lowest BCUT2D eigenvalue weighted by molar-refractivity contribution is -0.134. The smallest absolute Gasteiger partial charge is 0.293 e. The first-order valence-electron chi connectivity index (χ1n) is 4.59. The van der Waals surface area contributed by atoms with Gasteiger partial charge in [0.1, 0.15) is 0 Å². The number of ether oxygens (including phenoxy) is 1. The minimum atomic E-state index is -0.690. The molecule has 86 valence electrons. The van der Waals surface area contributed by atoms with Crippen LogP contribution >= 0.6 is 0 Å². The van der Waals surface area contributed by atoms with Crippen molar-refractivity contribution in [3.8, 4) is 5.75 Å². The van der Waals surface area contributed by atoms with Gasteiger partial charge in [-0.15, -0.1) is 0 Å². The van der Waals surface area contributed by atoms with Crippen LogP contribution in [0.25, 0.3) is 0 Å². The van der Waals surface area contributed by atoms with Crippen LogP contribution in [0.5, 0.6) is 5.75 Å². The topological polar surface area (TPSA) is 46.6 Å². The van der Waals surface area contributed by atoms with Crippen LogP contribution in [0.2, 0.25) is 0 Å². The molecule has 1 amide bonds. The Labute approximate surface area is 92.6 Å². The summed E-state index contributed by atoms with van der Waals surface area (Å²) in [6.45, 7) is 1.17. The fourth-order valence-electron chi connectivity index (χ4n) is 1.22. The molecule has 0 aromatic heterocycles. The van der Waals surface area contributed by atoms with E-state index < -0.39 is 17.5 Å². The zero-order valence-corrected chi connectivity index (χ0v) is 9.28. The number of amides is 1. The van der Waals surface area contributed by atoms with E-state index in [4.69, 9.17) is 4.74 Å². The van der Waals surface area contributed by atoms with Crippen molar-refractivity contribution in [2.45, 2.75) is 6.92 Å². The second kappa shape index (κ2) is 4.74. The highest BCUT2D eigenvalue weighted by Gasteiger charge is 2.16. The second-order valence-corrected chi connectivity index (χ2v) is 3.24. The molecule has 1 rings (SSSR count). The average molecular weight is 225 g/mol. The second-order valence-electron chi connectivity index (χ2n) is 3.24. The summed E-state index contributed by atoms with van der Waals surface area (Å²) < 4.78 is 18.1. The van der Waals surface area contributed by atoms with Gasteiger partial charge in [0, 0.05) is 25.7 Å². The van der Waals surface area contributed by atoms with Crippen LogP contribution in [0.1, 0.15) is 6.92 Å². The number of anilines is 1. The van der Waals surface area contributed by atoms with E-state index in [1.165, 1.54) is 33.2 Å².